The van der Waals surface area contributed by atoms with E-state index in [1.165, 1.54) is 11.1 Å². The van der Waals surface area contributed by atoms with Crippen LogP contribution in [0.1, 0.15) is 24.5 Å². The summed E-state index contributed by atoms with van der Waals surface area (Å²) in [6.07, 6.45) is 5.82. The van der Waals surface area contributed by atoms with Crippen molar-refractivity contribution in [3.05, 3.63) is 53.9 Å². The number of hydrogen-bond donors (Lipinski definition) is 1. The molecule has 90 valence electrons. The number of nitrogens with two attached hydrogens (primary N) is 1. The molecule has 0 amide bonds. The molecule has 0 bridgehead atoms. The molecule has 1 aromatic heterocycles. The average molecular weight is 229 g/mol. The molecule has 1 heterocycles. The van der Waals surface area contributed by atoms with Gasteiger partial charge in [0.05, 0.1) is 6.20 Å². The lowest BCUT2D eigenvalue weighted by atomic mass is 9.87. The van der Waals surface area contributed by atoms with Crippen molar-refractivity contribution in [2.75, 3.05) is 0 Å². The van der Waals surface area contributed by atoms with Gasteiger partial charge in [0.15, 0.2) is 0 Å². The van der Waals surface area contributed by atoms with E-state index in [-0.39, 0.29) is 5.54 Å². The summed E-state index contributed by atoms with van der Waals surface area (Å²) >= 11 is 0. The molecule has 0 aliphatic rings. The van der Waals surface area contributed by atoms with Gasteiger partial charge in [-0.05, 0) is 30.9 Å². The second-order valence-corrected chi connectivity index (χ2v) is 4.81. The Balaban J connectivity index is 2.03. The van der Waals surface area contributed by atoms with Crippen LogP contribution < -0.4 is 5.73 Å². The Morgan fingerprint density at radius 3 is 2.59 bits per heavy atom. The third-order valence-corrected chi connectivity index (χ3v) is 3.12. The Morgan fingerprint density at radius 2 is 2.00 bits per heavy atom. The highest BCUT2D eigenvalue weighted by Crippen LogP contribution is 2.23. The lowest BCUT2D eigenvalue weighted by molar-refractivity contribution is 0.453. The molecule has 1 unspecified atom stereocenters. The second-order valence-electron chi connectivity index (χ2n) is 4.81. The number of nitrogens with zero attached hydrogens (tertiary/aromatic N) is 2. The first-order valence-electron chi connectivity index (χ1n) is 5.90. The van der Waals surface area contributed by atoms with Crippen LogP contribution >= 0.6 is 0 Å². The largest absolute Gasteiger partial charge is 0.322 e. The van der Waals surface area contributed by atoms with Gasteiger partial charge in [-0.25, -0.2) is 0 Å². The van der Waals surface area contributed by atoms with Gasteiger partial charge in [0.1, 0.15) is 0 Å². The van der Waals surface area contributed by atoms with Crippen molar-refractivity contribution in [1.82, 2.24) is 9.78 Å². The summed E-state index contributed by atoms with van der Waals surface area (Å²) in [6.45, 7) is 2.08. The average Bonchev–Trinajstić information content (AvgIpc) is 2.74. The Labute approximate surface area is 102 Å². The predicted molar refractivity (Wildman–Crippen MR) is 69.5 cm³/mol. The second kappa shape index (κ2) is 4.72. The minimum Gasteiger partial charge on any atom is -0.322 e. The van der Waals surface area contributed by atoms with Crippen molar-refractivity contribution in [2.45, 2.75) is 25.3 Å². The molecule has 0 spiro atoms. The summed E-state index contributed by atoms with van der Waals surface area (Å²) in [6, 6.07) is 10.3. The van der Waals surface area contributed by atoms with E-state index in [4.69, 9.17) is 5.73 Å². The van der Waals surface area contributed by atoms with Crippen molar-refractivity contribution in [3.63, 3.8) is 0 Å². The van der Waals surface area contributed by atoms with Gasteiger partial charge in [0, 0.05) is 18.8 Å². The molecule has 2 rings (SSSR count). The Bertz CT molecular complexity index is 471. The van der Waals surface area contributed by atoms with Gasteiger partial charge in [-0.1, -0.05) is 30.3 Å². The summed E-state index contributed by atoms with van der Waals surface area (Å²) in [5.74, 6) is 0. The summed E-state index contributed by atoms with van der Waals surface area (Å²) in [4.78, 5) is 0. The van der Waals surface area contributed by atoms with E-state index < -0.39 is 0 Å². The van der Waals surface area contributed by atoms with Crippen molar-refractivity contribution < 1.29 is 0 Å². The van der Waals surface area contributed by atoms with Gasteiger partial charge >= 0.3 is 0 Å². The van der Waals surface area contributed by atoms with E-state index in [1.807, 2.05) is 42.3 Å². The minimum absolute atomic E-state index is 0.281. The highest BCUT2D eigenvalue weighted by Gasteiger charge is 2.20. The van der Waals surface area contributed by atoms with Gasteiger partial charge in [0.25, 0.3) is 0 Å². The molecule has 0 radical (unpaired) electrons. The van der Waals surface area contributed by atoms with Crippen LogP contribution in [0.25, 0.3) is 0 Å². The first-order valence-corrected chi connectivity index (χ1v) is 5.90. The SMILES string of the molecule is Cn1cc(CCC(C)(N)c2ccccc2)cn1. The zero-order chi connectivity index (χ0) is 12.3. The summed E-state index contributed by atoms with van der Waals surface area (Å²) < 4.78 is 1.83. The van der Waals surface area contributed by atoms with Crippen LogP contribution in [0.15, 0.2) is 42.7 Å². The van der Waals surface area contributed by atoms with Crippen LogP contribution in [0.3, 0.4) is 0 Å². The topological polar surface area (TPSA) is 43.8 Å². The van der Waals surface area contributed by atoms with Crippen LogP contribution in [0, 0.1) is 0 Å². The fourth-order valence-corrected chi connectivity index (χ4v) is 1.97. The summed E-state index contributed by atoms with van der Waals surface area (Å²) in [7, 11) is 1.93. The monoisotopic (exact) mass is 229 g/mol. The maximum Gasteiger partial charge on any atom is 0.0521 e. The predicted octanol–water partition coefficient (Wildman–Crippen LogP) is 2.23. The minimum atomic E-state index is -0.281. The Hall–Kier alpha value is -1.61. The normalized spacial score (nSPS) is 14.5. The lowest BCUT2D eigenvalue weighted by Gasteiger charge is -2.25. The molecule has 2 N–H and O–H groups in total. The highest BCUT2D eigenvalue weighted by atomic mass is 15.2. The van der Waals surface area contributed by atoms with E-state index in [1.54, 1.807) is 0 Å². The molecule has 0 aliphatic heterocycles. The third kappa shape index (κ3) is 2.94. The first kappa shape index (κ1) is 11.9. The smallest absolute Gasteiger partial charge is 0.0521 e. The van der Waals surface area contributed by atoms with Gasteiger partial charge < -0.3 is 5.73 Å². The quantitative estimate of drug-likeness (QED) is 0.873. The van der Waals surface area contributed by atoms with Crippen LogP contribution in [0.2, 0.25) is 0 Å². The van der Waals surface area contributed by atoms with E-state index in [2.05, 4.69) is 24.2 Å². The van der Waals surface area contributed by atoms with Gasteiger partial charge in [-0.3, -0.25) is 4.68 Å². The van der Waals surface area contributed by atoms with Crippen LogP contribution in [0.5, 0.6) is 0 Å². The molecular weight excluding hydrogens is 210 g/mol. The lowest BCUT2D eigenvalue weighted by Crippen LogP contribution is -2.33. The zero-order valence-corrected chi connectivity index (χ0v) is 10.4. The zero-order valence-electron chi connectivity index (χ0n) is 10.4. The molecule has 1 aromatic carbocycles. The number of rotatable bonds is 4. The molecule has 2 aromatic rings. The summed E-state index contributed by atoms with van der Waals surface area (Å²) in [5.41, 5.74) is 8.51. The number of aryl methyl sites for hydroxylation is 2. The van der Waals surface area contributed by atoms with Crippen molar-refractivity contribution in [2.24, 2.45) is 12.8 Å². The third-order valence-electron chi connectivity index (χ3n) is 3.12. The molecule has 3 nitrogen and oxygen atoms in total. The van der Waals surface area contributed by atoms with Crippen LogP contribution in [-0.2, 0) is 19.0 Å². The Kier molecular flexibility index (Phi) is 3.29. The highest BCUT2D eigenvalue weighted by molar-refractivity contribution is 5.23. The van der Waals surface area contributed by atoms with Crippen molar-refractivity contribution in [3.8, 4) is 0 Å². The van der Waals surface area contributed by atoms with Crippen molar-refractivity contribution in [1.29, 1.82) is 0 Å². The van der Waals surface area contributed by atoms with E-state index in [0.29, 0.717) is 0 Å². The molecule has 3 heteroatoms. The van der Waals surface area contributed by atoms with Crippen LogP contribution in [0.4, 0.5) is 0 Å². The Morgan fingerprint density at radius 1 is 1.29 bits per heavy atom. The fraction of sp³-hybridized carbons (Fsp3) is 0.357. The number of aromatic nitrogens is 2. The molecule has 0 saturated heterocycles. The van der Waals surface area contributed by atoms with E-state index >= 15 is 0 Å². The molecule has 1 atom stereocenters. The molecule has 17 heavy (non-hydrogen) atoms. The molecular formula is C14H19N3. The number of benzene rings is 1. The van der Waals surface area contributed by atoms with Crippen molar-refractivity contribution >= 4 is 0 Å². The standard InChI is InChI=1S/C14H19N3/c1-14(15,13-6-4-3-5-7-13)9-8-12-10-16-17(2)11-12/h3-7,10-11H,8-9,15H2,1-2H3. The number of hydrogen-bond acceptors (Lipinski definition) is 2. The fourth-order valence-electron chi connectivity index (χ4n) is 1.97. The van der Waals surface area contributed by atoms with E-state index in [9.17, 15) is 0 Å². The van der Waals surface area contributed by atoms with Crippen LogP contribution in [-0.4, -0.2) is 9.78 Å². The first-order chi connectivity index (χ1) is 8.08. The van der Waals surface area contributed by atoms with Gasteiger partial charge in [-0.15, -0.1) is 0 Å². The molecule has 0 saturated carbocycles. The maximum atomic E-state index is 6.37. The molecule has 0 fully saturated rings. The molecule has 0 aliphatic carbocycles. The maximum absolute atomic E-state index is 6.37. The van der Waals surface area contributed by atoms with E-state index in [0.717, 1.165) is 12.8 Å². The van der Waals surface area contributed by atoms with Gasteiger partial charge in [-0.2, -0.15) is 5.10 Å². The summed E-state index contributed by atoms with van der Waals surface area (Å²) in [5, 5.41) is 4.17. The van der Waals surface area contributed by atoms with Gasteiger partial charge in [0.2, 0.25) is 0 Å².